The van der Waals surface area contributed by atoms with Crippen molar-refractivity contribution in [3.63, 3.8) is 0 Å². The number of hydrogen-bond donors (Lipinski definition) is 1. The normalized spacial score (nSPS) is 29.7. The average molecular weight is 334 g/mol. The lowest BCUT2D eigenvalue weighted by Gasteiger charge is -2.22. The van der Waals surface area contributed by atoms with Gasteiger partial charge in [-0.25, -0.2) is 4.79 Å². The Bertz CT molecular complexity index is 570. The molecule has 0 radical (unpaired) electrons. The number of Topliss-reactive ketones (excluding diaryl/α,β-unsaturated/α-hetero) is 1. The van der Waals surface area contributed by atoms with Crippen molar-refractivity contribution in [2.24, 2.45) is 17.8 Å². The molecule has 0 spiro atoms. The molecule has 134 valence electrons. The summed E-state index contributed by atoms with van der Waals surface area (Å²) in [5.74, 6) is 0.782. The van der Waals surface area contributed by atoms with Crippen LogP contribution in [0.1, 0.15) is 59.8 Å². The summed E-state index contributed by atoms with van der Waals surface area (Å²) in [5, 5.41) is 9.93. The topological polar surface area (TPSA) is 63.6 Å². The van der Waals surface area contributed by atoms with Crippen molar-refractivity contribution in [1.29, 1.82) is 0 Å². The van der Waals surface area contributed by atoms with Gasteiger partial charge in [0.05, 0.1) is 0 Å². The lowest BCUT2D eigenvalue weighted by molar-refractivity contribution is -0.163. The third-order valence-corrected chi connectivity index (χ3v) is 5.97. The summed E-state index contributed by atoms with van der Waals surface area (Å²) in [7, 11) is 0. The Labute approximate surface area is 145 Å². The fraction of sp³-hybridized carbons (Fsp3) is 0.700. The summed E-state index contributed by atoms with van der Waals surface area (Å²) >= 11 is 0. The Morgan fingerprint density at radius 1 is 1.38 bits per heavy atom. The molecule has 4 atom stereocenters. The average Bonchev–Trinajstić information content (AvgIpc) is 2.72. The van der Waals surface area contributed by atoms with Gasteiger partial charge in [-0.1, -0.05) is 26.0 Å². The first kappa shape index (κ1) is 18.9. The fourth-order valence-electron chi connectivity index (χ4n) is 3.74. The van der Waals surface area contributed by atoms with Crippen LogP contribution >= 0.6 is 0 Å². The lowest BCUT2D eigenvalue weighted by Crippen LogP contribution is -2.36. The minimum absolute atomic E-state index is 0.138. The maximum absolute atomic E-state index is 12.1. The lowest BCUT2D eigenvalue weighted by atomic mass is 9.86. The Kier molecular flexibility index (Phi) is 5.69. The molecule has 0 bridgehead atoms. The number of carbonyl (C=O) groups is 2. The summed E-state index contributed by atoms with van der Waals surface area (Å²) in [4.78, 5) is 24.0. The van der Waals surface area contributed by atoms with Gasteiger partial charge in [0.25, 0.3) is 0 Å². The number of fused-ring (bicyclic) bond motifs is 1. The zero-order valence-corrected chi connectivity index (χ0v) is 15.4. The van der Waals surface area contributed by atoms with E-state index in [-0.39, 0.29) is 18.3 Å². The van der Waals surface area contributed by atoms with Gasteiger partial charge >= 0.3 is 5.97 Å². The molecule has 4 heteroatoms. The predicted octanol–water partition coefficient (Wildman–Crippen LogP) is 3.59. The van der Waals surface area contributed by atoms with E-state index in [4.69, 9.17) is 4.74 Å². The molecule has 0 amide bonds. The molecule has 2 aliphatic rings. The number of ketones is 1. The molecule has 4 nitrogen and oxygen atoms in total. The van der Waals surface area contributed by atoms with E-state index in [1.807, 2.05) is 6.92 Å². The summed E-state index contributed by atoms with van der Waals surface area (Å²) in [6.07, 6.45) is 3.86. The first-order valence-electron chi connectivity index (χ1n) is 8.97. The molecule has 0 aliphatic heterocycles. The number of allylic oxidation sites excluding steroid dienone is 2. The minimum Gasteiger partial charge on any atom is -0.459 e. The van der Waals surface area contributed by atoms with Crippen molar-refractivity contribution in [2.75, 3.05) is 6.61 Å². The highest BCUT2D eigenvalue weighted by molar-refractivity contribution is 5.98. The molecule has 0 aromatic heterocycles. The summed E-state index contributed by atoms with van der Waals surface area (Å²) in [6.45, 7) is 11.6. The van der Waals surface area contributed by atoms with Crippen LogP contribution in [0.3, 0.4) is 0 Å². The van der Waals surface area contributed by atoms with Crippen LogP contribution in [-0.4, -0.2) is 29.1 Å². The van der Waals surface area contributed by atoms with Gasteiger partial charge in [0.1, 0.15) is 6.61 Å². The highest BCUT2D eigenvalue weighted by Gasteiger charge is 2.37. The first-order chi connectivity index (χ1) is 11.2. The third-order valence-electron chi connectivity index (χ3n) is 5.97. The van der Waals surface area contributed by atoms with E-state index in [0.717, 1.165) is 30.4 Å². The van der Waals surface area contributed by atoms with Crippen molar-refractivity contribution in [3.05, 3.63) is 23.3 Å². The van der Waals surface area contributed by atoms with Gasteiger partial charge in [-0.2, -0.15) is 0 Å². The molecule has 24 heavy (non-hydrogen) atoms. The molecule has 0 heterocycles. The fourth-order valence-corrected chi connectivity index (χ4v) is 3.74. The predicted molar refractivity (Wildman–Crippen MR) is 93.3 cm³/mol. The number of esters is 1. The largest absolute Gasteiger partial charge is 0.459 e. The van der Waals surface area contributed by atoms with Gasteiger partial charge in [0, 0.05) is 6.42 Å². The molecule has 0 aromatic rings. The number of hydrogen-bond acceptors (Lipinski definition) is 4. The van der Waals surface area contributed by atoms with Crippen molar-refractivity contribution >= 4 is 11.8 Å². The van der Waals surface area contributed by atoms with Gasteiger partial charge in [-0.3, -0.25) is 4.79 Å². The van der Waals surface area contributed by atoms with Gasteiger partial charge < -0.3 is 9.84 Å². The van der Waals surface area contributed by atoms with Gasteiger partial charge in [-0.15, -0.1) is 0 Å². The maximum atomic E-state index is 12.1. The molecule has 0 aromatic carbocycles. The van der Waals surface area contributed by atoms with E-state index in [0.29, 0.717) is 24.7 Å². The van der Waals surface area contributed by atoms with E-state index in [1.165, 1.54) is 12.5 Å². The van der Waals surface area contributed by atoms with E-state index < -0.39 is 11.6 Å². The van der Waals surface area contributed by atoms with E-state index in [9.17, 15) is 14.7 Å². The zero-order chi connectivity index (χ0) is 18.1. The van der Waals surface area contributed by atoms with Crippen LogP contribution in [0.4, 0.5) is 0 Å². The van der Waals surface area contributed by atoms with Crippen LogP contribution < -0.4 is 0 Å². The van der Waals surface area contributed by atoms with Crippen LogP contribution in [0.5, 0.6) is 0 Å². The van der Waals surface area contributed by atoms with Gasteiger partial charge in [0.15, 0.2) is 11.4 Å². The zero-order valence-electron chi connectivity index (χ0n) is 15.4. The van der Waals surface area contributed by atoms with Crippen LogP contribution in [0.25, 0.3) is 0 Å². The maximum Gasteiger partial charge on any atom is 0.338 e. The second-order valence-corrected chi connectivity index (χ2v) is 7.70. The quantitative estimate of drug-likeness (QED) is 0.616. The molecular formula is C20H30O4. The molecular weight excluding hydrogens is 304 g/mol. The van der Waals surface area contributed by atoms with Crippen molar-refractivity contribution in [3.8, 4) is 0 Å². The summed E-state index contributed by atoms with van der Waals surface area (Å²) < 4.78 is 5.27. The minimum atomic E-state index is -1.44. The molecule has 1 fully saturated rings. The second-order valence-electron chi connectivity index (χ2n) is 7.70. The summed E-state index contributed by atoms with van der Waals surface area (Å²) in [5.41, 5.74) is 1.64. The highest BCUT2D eigenvalue weighted by Crippen LogP contribution is 2.45. The number of aliphatic hydroxyl groups is 1. The first-order valence-corrected chi connectivity index (χ1v) is 8.97. The van der Waals surface area contributed by atoms with Crippen molar-refractivity contribution in [2.45, 2.75) is 65.4 Å². The Morgan fingerprint density at radius 3 is 2.67 bits per heavy atom. The van der Waals surface area contributed by atoms with Crippen LogP contribution in [-0.2, 0) is 14.3 Å². The Morgan fingerprint density at radius 2 is 2.04 bits per heavy atom. The summed E-state index contributed by atoms with van der Waals surface area (Å²) in [6, 6.07) is 0. The van der Waals surface area contributed by atoms with Crippen LogP contribution in [0.15, 0.2) is 23.3 Å². The Balaban J connectivity index is 2.03. The van der Waals surface area contributed by atoms with E-state index in [1.54, 1.807) is 6.92 Å². The van der Waals surface area contributed by atoms with E-state index in [2.05, 4.69) is 13.5 Å². The number of rotatable bonds is 5. The third kappa shape index (κ3) is 3.80. The van der Waals surface area contributed by atoms with Crippen LogP contribution in [0.2, 0.25) is 0 Å². The number of ether oxygens (including phenoxy) is 1. The van der Waals surface area contributed by atoms with Crippen molar-refractivity contribution in [1.82, 2.24) is 0 Å². The monoisotopic (exact) mass is 334 g/mol. The molecule has 4 unspecified atom stereocenters. The molecule has 0 saturated heterocycles. The van der Waals surface area contributed by atoms with Gasteiger partial charge in [-0.05, 0) is 68.4 Å². The van der Waals surface area contributed by atoms with E-state index >= 15 is 0 Å². The van der Waals surface area contributed by atoms with Gasteiger partial charge in [0.2, 0.25) is 0 Å². The smallest absolute Gasteiger partial charge is 0.338 e. The highest BCUT2D eigenvalue weighted by atomic mass is 16.5. The number of carbonyl (C=O) groups excluding carboxylic acids is 2. The molecule has 1 N–H and O–H groups in total. The molecule has 2 aliphatic carbocycles. The van der Waals surface area contributed by atoms with Crippen LogP contribution in [0, 0.1) is 17.8 Å². The molecule has 2 rings (SSSR count). The molecule has 1 saturated carbocycles. The SMILES string of the molecule is C=C(COC(=O)C(C)(O)CC)C1CCC(C)C2CC(=O)C(C)=C2C1. The second kappa shape index (κ2) is 7.22. The van der Waals surface area contributed by atoms with Crippen molar-refractivity contribution < 1.29 is 19.4 Å². The standard InChI is InChI=1S/C20H30O4/c1-6-20(5,23)19(22)24-11-13(3)15-8-7-12(2)16-10-18(21)14(4)17(16)9-15/h12,15-16,23H,3,6-11H2,1-2,4-5H3. The Hall–Kier alpha value is -1.42.